The molecule has 29 heavy (non-hydrogen) atoms. The van der Waals surface area contributed by atoms with E-state index in [-0.39, 0.29) is 18.3 Å². The van der Waals surface area contributed by atoms with E-state index < -0.39 is 23.5 Å². The summed E-state index contributed by atoms with van der Waals surface area (Å²) in [5.74, 6) is -1.24. The first-order valence-electron chi connectivity index (χ1n) is 9.64. The number of nitrogens with zero attached hydrogens (tertiary/aromatic N) is 1. The van der Waals surface area contributed by atoms with Crippen molar-refractivity contribution < 1.29 is 18.8 Å². The number of carbonyl (C=O) groups excluding carboxylic acids is 3. The molecule has 0 saturated carbocycles. The van der Waals surface area contributed by atoms with Crippen LogP contribution in [-0.4, -0.2) is 34.8 Å². The Balaban J connectivity index is 1.80. The molecule has 0 spiro atoms. The third-order valence-electron chi connectivity index (χ3n) is 5.40. The molecule has 6 nitrogen and oxygen atoms in total. The maximum atomic E-state index is 13.3. The smallest absolute Gasteiger partial charge is 0.325 e. The molecule has 4 amide bonds. The van der Waals surface area contributed by atoms with Gasteiger partial charge in [-0.2, -0.15) is 0 Å². The van der Waals surface area contributed by atoms with E-state index in [1.165, 1.54) is 12.1 Å². The second-order valence-electron chi connectivity index (χ2n) is 7.07. The predicted octanol–water partition coefficient (Wildman–Crippen LogP) is 3.14. The number of halogens is 1. The zero-order chi connectivity index (χ0) is 21.0. The summed E-state index contributed by atoms with van der Waals surface area (Å²) in [6, 6.07) is 14.0. The number of urea groups is 1. The Labute approximate surface area is 169 Å². The van der Waals surface area contributed by atoms with Crippen LogP contribution in [0.5, 0.6) is 0 Å². The van der Waals surface area contributed by atoms with Crippen molar-refractivity contribution in [2.24, 2.45) is 0 Å². The Morgan fingerprint density at radius 3 is 2.17 bits per heavy atom. The van der Waals surface area contributed by atoms with Crippen LogP contribution in [0.2, 0.25) is 0 Å². The van der Waals surface area contributed by atoms with Gasteiger partial charge in [-0.1, -0.05) is 56.3 Å². The Kier molecular flexibility index (Phi) is 5.96. The number of benzene rings is 2. The van der Waals surface area contributed by atoms with Gasteiger partial charge in [0.05, 0.1) is 6.04 Å². The van der Waals surface area contributed by atoms with Gasteiger partial charge < -0.3 is 10.6 Å². The van der Waals surface area contributed by atoms with Gasteiger partial charge >= 0.3 is 6.03 Å². The lowest BCUT2D eigenvalue weighted by Crippen LogP contribution is -2.47. The summed E-state index contributed by atoms with van der Waals surface area (Å²) in [5.41, 5.74) is 0.549. The van der Waals surface area contributed by atoms with Crippen molar-refractivity contribution in [3.05, 3.63) is 71.5 Å². The van der Waals surface area contributed by atoms with Gasteiger partial charge in [0, 0.05) is 0 Å². The first-order valence-corrected chi connectivity index (χ1v) is 9.64. The van der Waals surface area contributed by atoms with Crippen LogP contribution in [0.1, 0.15) is 43.9 Å². The average molecular weight is 397 g/mol. The van der Waals surface area contributed by atoms with E-state index in [1.54, 1.807) is 12.1 Å². The quantitative estimate of drug-likeness (QED) is 0.705. The van der Waals surface area contributed by atoms with Gasteiger partial charge in [-0.15, -0.1) is 0 Å². The molecule has 3 rings (SSSR count). The predicted molar refractivity (Wildman–Crippen MR) is 106 cm³/mol. The monoisotopic (exact) mass is 397 g/mol. The summed E-state index contributed by atoms with van der Waals surface area (Å²) in [5, 5.41) is 5.58. The van der Waals surface area contributed by atoms with Gasteiger partial charge in [-0.25, -0.2) is 9.18 Å². The van der Waals surface area contributed by atoms with E-state index in [9.17, 15) is 18.8 Å². The van der Waals surface area contributed by atoms with Crippen LogP contribution >= 0.6 is 0 Å². The Morgan fingerprint density at radius 1 is 1.03 bits per heavy atom. The molecule has 152 valence electrons. The molecule has 1 aliphatic heterocycles. The van der Waals surface area contributed by atoms with E-state index in [2.05, 4.69) is 10.6 Å². The molecule has 2 aromatic carbocycles. The summed E-state index contributed by atoms with van der Waals surface area (Å²) in [6.45, 7) is 3.27. The molecular weight excluding hydrogens is 373 g/mol. The number of carbonyl (C=O) groups is 3. The van der Waals surface area contributed by atoms with Crippen LogP contribution < -0.4 is 10.6 Å². The van der Waals surface area contributed by atoms with Crippen LogP contribution in [0.4, 0.5) is 9.18 Å². The second kappa shape index (κ2) is 8.43. The number of imide groups is 1. The molecule has 2 N–H and O–H groups in total. The van der Waals surface area contributed by atoms with E-state index in [0.717, 1.165) is 10.5 Å². The zero-order valence-corrected chi connectivity index (χ0v) is 16.4. The normalized spacial score (nSPS) is 16.4. The van der Waals surface area contributed by atoms with Crippen molar-refractivity contribution in [3.63, 3.8) is 0 Å². The first-order chi connectivity index (χ1) is 13.9. The number of amides is 4. The minimum Gasteiger partial charge on any atom is -0.344 e. The lowest BCUT2D eigenvalue weighted by Gasteiger charge is -2.24. The van der Waals surface area contributed by atoms with Crippen molar-refractivity contribution in [1.82, 2.24) is 15.5 Å². The number of rotatable bonds is 7. The van der Waals surface area contributed by atoms with Crippen LogP contribution in [-0.2, 0) is 9.59 Å². The Bertz CT molecular complexity index is 895. The molecule has 1 atom stereocenters. The topological polar surface area (TPSA) is 78.5 Å². The van der Waals surface area contributed by atoms with E-state index in [0.29, 0.717) is 18.4 Å². The van der Waals surface area contributed by atoms with Gasteiger partial charge in [0.2, 0.25) is 5.91 Å². The summed E-state index contributed by atoms with van der Waals surface area (Å²) < 4.78 is 13.3. The summed E-state index contributed by atoms with van der Waals surface area (Å²) in [6.07, 6.45) is 0.906. The van der Waals surface area contributed by atoms with Gasteiger partial charge in [0.15, 0.2) is 0 Å². The minimum absolute atomic E-state index is 0.373. The molecule has 2 aromatic rings. The van der Waals surface area contributed by atoms with Crippen molar-refractivity contribution >= 4 is 17.8 Å². The molecule has 0 bridgehead atoms. The number of hydrogen-bond acceptors (Lipinski definition) is 3. The first kappa shape index (κ1) is 20.5. The SMILES string of the molecule is CCC1(CC)NC(=O)N(CC(=O)NC(c2ccccc2)c2ccc(F)cc2)C1=O. The highest BCUT2D eigenvalue weighted by atomic mass is 19.1. The van der Waals surface area contributed by atoms with Crippen LogP contribution in [0.3, 0.4) is 0 Å². The molecule has 1 aliphatic rings. The highest BCUT2D eigenvalue weighted by Crippen LogP contribution is 2.25. The van der Waals surface area contributed by atoms with Gasteiger partial charge in [0.1, 0.15) is 17.9 Å². The zero-order valence-electron chi connectivity index (χ0n) is 16.4. The Hall–Kier alpha value is -3.22. The summed E-state index contributed by atoms with van der Waals surface area (Å²) >= 11 is 0. The van der Waals surface area contributed by atoms with Gasteiger partial charge in [-0.05, 0) is 36.1 Å². The summed E-state index contributed by atoms with van der Waals surface area (Å²) in [4.78, 5) is 38.7. The highest BCUT2D eigenvalue weighted by molar-refractivity contribution is 6.09. The maximum absolute atomic E-state index is 13.3. The van der Waals surface area contributed by atoms with Gasteiger partial charge in [0.25, 0.3) is 5.91 Å². The minimum atomic E-state index is -0.951. The largest absolute Gasteiger partial charge is 0.344 e. The van der Waals surface area contributed by atoms with Crippen LogP contribution in [0, 0.1) is 5.82 Å². The molecule has 1 saturated heterocycles. The fourth-order valence-electron chi connectivity index (χ4n) is 3.56. The molecule has 0 radical (unpaired) electrons. The Morgan fingerprint density at radius 2 is 1.62 bits per heavy atom. The number of nitrogens with one attached hydrogen (secondary N) is 2. The molecule has 0 aromatic heterocycles. The fourth-order valence-corrected chi connectivity index (χ4v) is 3.56. The lowest BCUT2D eigenvalue weighted by atomic mass is 9.93. The standard InChI is InChI=1S/C22H24FN3O3/c1-3-22(4-2)20(28)26(21(29)25-22)14-18(27)24-19(15-8-6-5-7-9-15)16-10-12-17(23)13-11-16/h5-13,19H,3-4,14H2,1-2H3,(H,24,27)(H,25,29). The molecule has 1 unspecified atom stereocenters. The maximum Gasteiger partial charge on any atom is 0.325 e. The molecule has 0 aliphatic carbocycles. The van der Waals surface area contributed by atoms with Crippen molar-refractivity contribution in [2.75, 3.05) is 6.54 Å². The molecule has 1 heterocycles. The van der Waals surface area contributed by atoms with Crippen LogP contribution in [0.25, 0.3) is 0 Å². The summed E-state index contributed by atoms with van der Waals surface area (Å²) in [7, 11) is 0. The third kappa shape index (κ3) is 4.13. The van der Waals surface area contributed by atoms with E-state index in [1.807, 2.05) is 44.2 Å². The molecular formula is C22H24FN3O3. The van der Waals surface area contributed by atoms with Gasteiger partial charge in [-0.3, -0.25) is 14.5 Å². The third-order valence-corrected chi connectivity index (χ3v) is 5.40. The number of hydrogen-bond donors (Lipinski definition) is 2. The molecule has 7 heteroatoms. The average Bonchev–Trinajstić information content (AvgIpc) is 2.98. The lowest BCUT2D eigenvalue weighted by molar-refractivity contribution is -0.135. The second-order valence-corrected chi connectivity index (χ2v) is 7.07. The van der Waals surface area contributed by atoms with Crippen molar-refractivity contribution in [3.8, 4) is 0 Å². The van der Waals surface area contributed by atoms with Crippen molar-refractivity contribution in [1.29, 1.82) is 0 Å². The fraction of sp³-hybridized carbons (Fsp3) is 0.318. The van der Waals surface area contributed by atoms with Crippen LogP contribution in [0.15, 0.2) is 54.6 Å². The highest BCUT2D eigenvalue weighted by Gasteiger charge is 2.49. The molecule has 1 fully saturated rings. The van der Waals surface area contributed by atoms with E-state index >= 15 is 0 Å². The van der Waals surface area contributed by atoms with Crippen molar-refractivity contribution in [2.45, 2.75) is 38.3 Å². The van der Waals surface area contributed by atoms with E-state index in [4.69, 9.17) is 0 Å².